The Balaban J connectivity index is 1.91. The highest BCUT2D eigenvalue weighted by Gasteiger charge is 2.22. The van der Waals surface area contributed by atoms with Crippen molar-refractivity contribution in [2.24, 2.45) is 0 Å². The summed E-state index contributed by atoms with van der Waals surface area (Å²) in [6.07, 6.45) is 2.51. The second kappa shape index (κ2) is 5.85. The summed E-state index contributed by atoms with van der Waals surface area (Å²) in [6, 6.07) is 9.64. The van der Waals surface area contributed by atoms with Gasteiger partial charge in [0.1, 0.15) is 0 Å². The van der Waals surface area contributed by atoms with Gasteiger partial charge in [-0.05, 0) is 38.4 Å². The monoisotopic (exact) mass is 246 g/mol. The fourth-order valence-electron chi connectivity index (χ4n) is 2.53. The lowest BCUT2D eigenvalue weighted by atomic mass is 9.84. The molecular weight excluding hydrogens is 220 g/mol. The van der Waals surface area contributed by atoms with E-state index >= 15 is 0 Å². The van der Waals surface area contributed by atoms with Gasteiger partial charge in [-0.15, -0.1) is 0 Å². The van der Waals surface area contributed by atoms with E-state index in [0.717, 1.165) is 19.6 Å². The van der Waals surface area contributed by atoms with Crippen molar-refractivity contribution in [1.29, 1.82) is 0 Å². The summed E-state index contributed by atoms with van der Waals surface area (Å²) in [5, 5.41) is 7.14. The third kappa shape index (κ3) is 3.56. The highest BCUT2D eigenvalue weighted by molar-refractivity contribution is 5.27. The Morgan fingerprint density at radius 1 is 1.17 bits per heavy atom. The maximum absolute atomic E-state index is 3.73. The minimum Gasteiger partial charge on any atom is -0.317 e. The van der Waals surface area contributed by atoms with Crippen molar-refractivity contribution in [1.82, 2.24) is 10.6 Å². The molecule has 1 fully saturated rings. The van der Waals surface area contributed by atoms with Crippen molar-refractivity contribution in [2.45, 2.75) is 45.1 Å². The van der Waals surface area contributed by atoms with Crippen LogP contribution in [0.15, 0.2) is 24.3 Å². The second-order valence-corrected chi connectivity index (χ2v) is 6.16. The molecule has 1 saturated heterocycles. The standard InChI is InChI=1S/C16H26N2/c1-13-4-6-14(7-5-13)16(2,3)12-18-15-8-10-17-11-9-15/h4-7,15,17-18H,8-12H2,1-3H3. The molecule has 0 amide bonds. The minimum atomic E-state index is 0.207. The lowest BCUT2D eigenvalue weighted by Gasteiger charge is -2.31. The Hall–Kier alpha value is -0.860. The molecule has 18 heavy (non-hydrogen) atoms. The number of rotatable bonds is 4. The Bertz CT molecular complexity index is 361. The number of benzene rings is 1. The molecule has 0 atom stereocenters. The van der Waals surface area contributed by atoms with Gasteiger partial charge in [0.15, 0.2) is 0 Å². The van der Waals surface area contributed by atoms with Gasteiger partial charge in [-0.2, -0.15) is 0 Å². The summed E-state index contributed by atoms with van der Waals surface area (Å²) >= 11 is 0. The third-order valence-corrected chi connectivity index (χ3v) is 4.00. The van der Waals surface area contributed by atoms with Crippen LogP contribution in [0, 0.1) is 6.92 Å². The molecule has 0 unspecified atom stereocenters. The molecule has 0 aromatic heterocycles. The van der Waals surface area contributed by atoms with Crippen LogP contribution < -0.4 is 10.6 Å². The normalized spacial score (nSPS) is 17.9. The molecular formula is C16H26N2. The van der Waals surface area contributed by atoms with E-state index < -0.39 is 0 Å². The maximum Gasteiger partial charge on any atom is 0.00915 e. The lowest BCUT2D eigenvalue weighted by molar-refractivity contribution is 0.351. The quantitative estimate of drug-likeness (QED) is 0.853. The van der Waals surface area contributed by atoms with E-state index in [2.05, 4.69) is 55.7 Å². The molecule has 2 N–H and O–H groups in total. The Kier molecular flexibility index (Phi) is 4.41. The van der Waals surface area contributed by atoms with Gasteiger partial charge in [0, 0.05) is 18.0 Å². The van der Waals surface area contributed by atoms with E-state index in [4.69, 9.17) is 0 Å². The van der Waals surface area contributed by atoms with Crippen molar-refractivity contribution in [2.75, 3.05) is 19.6 Å². The van der Waals surface area contributed by atoms with Crippen molar-refractivity contribution in [3.05, 3.63) is 35.4 Å². The van der Waals surface area contributed by atoms with E-state index in [1.165, 1.54) is 24.0 Å². The van der Waals surface area contributed by atoms with Gasteiger partial charge in [0.25, 0.3) is 0 Å². The molecule has 1 aromatic carbocycles. The zero-order valence-electron chi connectivity index (χ0n) is 11.9. The van der Waals surface area contributed by atoms with E-state index in [1.54, 1.807) is 0 Å². The highest BCUT2D eigenvalue weighted by atomic mass is 15.0. The summed E-state index contributed by atoms with van der Waals surface area (Å²) in [6.45, 7) is 10.2. The molecule has 2 heteroatoms. The molecule has 1 aliphatic rings. The average Bonchev–Trinajstić information content (AvgIpc) is 2.38. The first kappa shape index (κ1) is 13.6. The molecule has 2 nitrogen and oxygen atoms in total. The Morgan fingerprint density at radius 2 is 1.78 bits per heavy atom. The largest absolute Gasteiger partial charge is 0.317 e. The summed E-state index contributed by atoms with van der Waals surface area (Å²) in [4.78, 5) is 0. The molecule has 100 valence electrons. The molecule has 1 aromatic rings. The minimum absolute atomic E-state index is 0.207. The predicted octanol–water partition coefficient (Wildman–Crippen LogP) is 2.61. The number of aryl methyl sites for hydroxylation is 1. The van der Waals surface area contributed by atoms with Crippen LogP contribution in [0.4, 0.5) is 0 Å². The number of nitrogens with one attached hydrogen (secondary N) is 2. The molecule has 0 aliphatic carbocycles. The number of hydrogen-bond donors (Lipinski definition) is 2. The zero-order chi connectivity index (χ0) is 13.0. The van der Waals surface area contributed by atoms with Gasteiger partial charge in [-0.3, -0.25) is 0 Å². The van der Waals surface area contributed by atoms with E-state index in [-0.39, 0.29) is 5.41 Å². The zero-order valence-corrected chi connectivity index (χ0v) is 11.9. The average molecular weight is 246 g/mol. The SMILES string of the molecule is Cc1ccc(C(C)(C)CNC2CCNCC2)cc1. The number of piperidine rings is 1. The van der Waals surface area contributed by atoms with E-state index in [1.807, 2.05) is 0 Å². The van der Waals surface area contributed by atoms with Crippen LogP contribution in [0.1, 0.15) is 37.8 Å². The summed E-state index contributed by atoms with van der Waals surface area (Å²) in [5.41, 5.74) is 2.97. The van der Waals surface area contributed by atoms with Crippen LogP contribution >= 0.6 is 0 Å². The van der Waals surface area contributed by atoms with Crippen molar-refractivity contribution in [3.8, 4) is 0 Å². The smallest absolute Gasteiger partial charge is 0.00915 e. The van der Waals surface area contributed by atoms with Crippen LogP contribution in [0.3, 0.4) is 0 Å². The fourth-order valence-corrected chi connectivity index (χ4v) is 2.53. The van der Waals surface area contributed by atoms with Gasteiger partial charge < -0.3 is 10.6 Å². The van der Waals surface area contributed by atoms with E-state index in [9.17, 15) is 0 Å². The number of hydrogen-bond acceptors (Lipinski definition) is 2. The second-order valence-electron chi connectivity index (χ2n) is 6.16. The molecule has 0 spiro atoms. The van der Waals surface area contributed by atoms with Crippen molar-refractivity contribution in [3.63, 3.8) is 0 Å². The first-order valence-electron chi connectivity index (χ1n) is 7.09. The van der Waals surface area contributed by atoms with Gasteiger partial charge in [0.2, 0.25) is 0 Å². The first-order valence-corrected chi connectivity index (χ1v) is 7.09. The topological polar surface area (TPSA) is 24.1 Å². The van der Waals surface area contributed by atoms with Crippen LogP contribution in [0.2, 0.25) is 0 Å². The van der Waals surface area contributed by atoms with Gasteiger partial charge in [-0.25, -0.2) is 0 Å². The molecule has 1 aliphatic heterocycles. The molecule has 1 heterocycles. The van der Waals surface area contributed by atoms with Crippen LogP contribution in [-0.4, -0.2) is 25.7 Å². The molecule has 0 bridgehead atoms. The summed E-state index contributed by atoms with van der Waals surface area (Å²) < 4.78 is 0. The summed E-state index contributed by atoms with van der Waals surface area (Å²) in [5.74, 6) is 0. The Morgan fingerprint density at radius 3 is 2.39 bits per heavy atom. The van der Waals surface area contributed by atoms with Gasteiger partial charge in [0.05, 0.1) is 0 Å². The Labute approximate surface area is 111 Å². The van der Waals surface area contributed by atoms with Crippen LogP contribution in [0.5, 0.6) is 0 Å². The maximum atomic E-state index is 3.73. The lowest BCUT2D eigenvalue weighted by Crippen LogP contribution is -2.44. The van der Waals surface area contributed by atoms with Crippen molar-refractivity contribution >= 4 is 0 Å². The molecule has 0 saturated carbocycles. The summed E-state index contributed by atoms with van der Waals surface area (Å²) in [7, 11) is 0. The highest BCUT2D eigenvalue weighted by Crippen LogP contribution is 2.23. The van der Waals surface area contributed by atoms with Crippen molar-refractivity contribution < 1.29 is 0 Å². The van der Waals surface area contributed by atoms with Crippen LogP contribution in [-0.2, 0) is 5.41 Å². The van der Waals surface area contributed by atoms with Crippen LogP contribution in [0.25, 0.3) is 0 Å². The van der Waals surface area contributed by atoms with E-state index in [0.29, 0.717) is 6.04 Å². The van der Waals surface area contributed by atoms with Gasteiger partial charge in [-0.1, -0.05) is 43.7 Å². The molecule has 2 rings (SSSR count). The third-order valence-electron chi connectivity index (χ3n) is 4.00. The predicted molar refractivity (Wildman–Crippen MR) is 78.1 cm³/mol. The fraction of sp³-hybridized carbons (Fsp3) is 0.625. The first-order chi connectivity index (χ1) is 8.58. The molecule has 0 radical (unpaired) electrons. The van der Waals surface area contributed by atoms with Gasteiger partial charge >= 0.3 is 0 Å².